The van der Waals surface area contributed by atoms with Gasteiger partial charge in [0.05, 0.1) is 7.11 Å². The van der Waals surface area contributed by atoms with Crippen molar-refractivity contribution >= 4 is 11.6 Å². The van der Waals surface area contributed by atoms with Crippen LogP contribution in [0.1, 0.15) is 18.4 Å². The number of ether oxygens (including phenoxy) is 1. The molecule has 1 aliphatic rings. The molecule has 150 valence electrons. The molecule has 2 aromatic rings. The second-order valence-corrected chi connectivity index (χ2v) is 6.84. The van der Waals surface area contributed by atoms with Crippen molar-refractivity contribution in [1.82, 2.24) is 10.6 Å². The Hall–Kier alpha value is -2.96. The topological polar surface area (TPSA) is 69.1 Å². The summed E-state index contributed by atoms with van der Waals surface area (Å²) in [7, 11) is 3.39. The number of aromatic hydroxyl groups is 1. The van der Waals surface area contributed by atoms with Crippen LogP contribution in [-0.2, 0) is 6.54 Å². The number of piperidine rings is 1. The highest BCUT2D eigenvalue weighted by Crippen LogP contribution is 2.24. The quantitative estimate of drug-likeness (QED) is 0.545. The van der Waals surface area contributed by atoms with E-state index >= 15 is 0 Å². The van der Waals surface area contributed by atoms with Gasteiger partial charge in [-0.2, -0.15) is 0 Å². The molecule has 1 aliphatic heterocycles. The van der Waals surface area contributed by atoms with E-state index in [0.717, 1.165) is 42.9 Å². The number of aliphatic imine (C=N–C) groups is 1. The van der Waals surface area contributed by atoms with Crippen molar-refractivity contribution in [3.8, 4) is 11.5 Å². The van der Waals surface area contributed by atoms with Crippen LogP contribution < -0.4 is 20.3 Å². The predicted molar refractivity (Wildman–Crippen MR) is 110 cm³/mol. The van der Waals surface area contributed by atoms with Crippen LogP contribution in [0, 0.1) is 5.82 Å². The average molecular weight is 386 g/mol. The number of hydrogen-bond donors (Lipinski definition) is 3. The Morgan fingerprint density at radius 3 is 2.93 bits per heavy atom. The number of guanidine groups is 1. The van der Waals surface area contributed by atoms with Gasteiger partial charge in [-0.15, -0.1) is 0 Å². The van der Waals surface area contributed by atoms with E-state index in [1.54, 1.807) is 20.2 Å². The standard InChI is InChI=1S/C21H27FN4O2/c1-23-21(24-13-15-8-9-20(27)19(22)11-15)25-16-5-4-10-26(14-16)17-6-3-7-18(12-17)28-2/h3,6-9,11-12,16,27H,4-5,10,13-14H2,1-2H3,(H2,23,24,25). The normalized spacial score (nSPS) is 17.3. The number of benzene rings is 2. The summed E-state index contributed by atoms with van der Waals surface area (Å²) in [4.78, 5) is 6.61. The molecule has 0 aromatic heterocycles. The highest BCUT2D eigenvalue weighted by atomic mass is 19.1. The number of nitrogens with one attached hydrogen (secondary N) is 2. The molecule has 6 nitrogen and oxygen atoms in total. The maximum Gasteiger partial charge on any atom is 0.191 e. The number of halogens is 1. The zero-order valence-electron chi connectivity index (χ0n) is 16.3. The third-order valence-electron chi connectivity index (χ3n) is 4.88. The lowest BCUT2D eigenvalue weighted by molar-refractivity contribution is 0.414. The molecule has 1 fully saturated rings. The van der Waals surface area contributed by atoms with Crippen molar-refractivity contribution in [2.75, 3.05) is 32.1 Å². The van der Waals surface area contributed by atoms with Gasteiger partial charge in [-0.3, -0.25) is 4.99 Å². The van der Waals surface area contributed by atoms with Crippen LogP contribution in [0.3, 0.4) is 0 Å². The minimum Gasteiger partial charge on any atom is -0.505 e. The molecule has 0 saturated carbocycles. The van der Waals surface area contributed by atoms with E-state index in [2.05, 4.69) is 32.7 Å². The molecule has 28 heavy (non-hydrogen) atoms. The Bertz CT molecular complexity index is 828. The maximum atomic E-state index is 13.5. The molecule has 1 unspecified atom stereocenters. The van der Waals surface area contributed by atoms with E-state index in [4.69, 9.17) is 4.74 Å². The van der Waals surface area contributed by atoms with Gasteiger partial charge in [0, 0.05) is 44.5 Å². The summed E-state index contributed by atoms with van der Waals surface area (Å²) in [6.07, 6.45) is 2.13. The number of methoxy groups -OCH3 is 1. The van der Waals surface area contributed by atoms with Gasteiger partial charge >= 0.3 is 0 Å². The number of anilines is 1. The summed E-state index contributed by atoms with van der Waals surface area (Å²) in [5, 5.41) is 15.9. The van der Waals surface area contributed by atoms with Crippen molar-refractivity contribution in [1.29, 1.82) is 0 Å². The van der Waals surface area contributed by atoms with Crippen LogP contribution in [0.15, 0.2) is 47.5 Å². The summed E-state index contributed by atoms with van der Waals surface area (Å²) in [5.74, 6) is 0.562. The molecule has 0 spiro atoms. The van der Waals surface area contributed by atoms with E-state index < -0.39 is 5.82 Å². The molecule has 0 aliphatic carbocycles. The second kappa shape index (κ2) is 9.30. The minimum absolute atomic E-state index is 0.253. The van der Waals surface area contributed by atoms with Gasteiger partial charge in [0.1, 0.15) is 5.75 Å². The SMILES string of the molecule is CN=C(NCc1ccc(O)c(F)c1)NC1CCCN(c2cccc(OC)c2)C1. The summed E-state index contributed by atoms with van der Waals surface area (Å²) in [6, 6.07) is 12.7. The molecule has 1 atom stereocenters. The largest absolute Gasteiger partial charge is 0.505 e. The van der Waals surface area contributed by atoms with E-state index in [1.165, 1.54) is 12.1 Å². The molecule has 1 heterocycles. The molecule has 7 heteroatoms. The summed E-state index contributed by atoms with van der Waals surface area (Å²) in [6.45, 7) is 2.29. The fourth-order valence-electron chi connectivity index (χ4n) is 3.37. The Balaban J connectivity index is 1.57. The Morgan fingerprint density at radius 2 is 2.18 bits per heavy atom. The lowest BCUT2D eigenvalue weighted by Crippen LogP contribution is -2.51. The Labute approximate surface area is 165 Å². The highest BCUT2D eigenvalue weighted by molar-refractivity contribution is 5.80. The van der Waals surface area contributed by atoms with Crippen LogP contribution in [0.25, 0.3) is 0 Å². The lowest BCUT2D eigenvalue weighted by Gasteiger charge is -2.35. The van der Waals surface area contributed by atoms with Gasteiger partial charge in [0.2, 0.25) is 0 Å². The van der Waals surface area contributed by atoms with Crippen molar-refractivity contribution in [3.05, 3.63) is 53.8 Å². The van der Waals surface area contributed by atoms with Gasteiger partial charge in [0.25, 0.3) is 0 Å². The van der Waals surface area contributed by atoms with E-state index in [1.807, 2.05) is 12.1 Å². The second-order valence-electron chi connectivity index (χ2n) is 6.84. The number of rotatable bonds is 5. The summed E-state index contributed by atoms with van der Waals surface area (Å²) < 4.78 is 18.8. The summed E-state index contributed by atoms with van der Waals surface area (Å²) in [5.41, 5.74) is 1.88. The first-order valence-corrected chi connectivity index (χ1v) is 9.42. The van der Waals surface area contributed by atoms with Gasteiger partial charge in [-0.05, 0) is 42.7 Å². The molecular formula is C21H27FN4O2. The molecule has 2 aromatic carbocycles. The van der Waals surface area contributed by atoms with Gasteiger partial charge < -0.3 is 25.4 Å². The average Bonchev–Trinajstić information content (AvgIpc) is 2.73. The molecule has 3 rings (SSSR count). The van der Waals surface area contributed by atoms with Crippen LogP contribution >= 0.6 is 0 Å². The maximum absolute atomic E-state index is 13.5. The van der Waals surface area contributed by atoms with E-state index in [0.29, 0.717) is 12.5 Å². The molecule has 0 radical (unpaired) electrons. The fourth-order valence-corrected chi connectivity index (χ4v) is 3.37. The monoisotopic (exact) mass is 386 g/mol. The first-order valence-electron chi connectivity index (χ1n) is 9.42. The molecule has 3 N–H and O–H groups in total. The Kier molecular flexibility index (Phi) is 6.57. The van der Waals surface area contributed by atoms with Crippen molar-refractivity contribution in [2.24, 2.45) is 4.99 Å². The highest BCUT2D eigenvalue weighted by Gasteiger charge is 2.21. The van der Waals surface area contributed by atoms with E-state index in [9.17, 15) is 9.50 Å². The third kappa shape index (κ3) is 5.06. The number of hydrogen-bond acceptors (Lipinski definition) is 4. The van der Waals surface area contributed by atoms with Crippen molar-refractivity contribution in [3.63, 3.8) is 0 Å². The number of phenols is 1. The van der Waals surface area contributed by atoms with E-state index in [-0.39, 0.29) is 11.8 Å². The van der Waals surface area contributed by atoms with Crippen LogP contribution in [0.2, 0.25) is 0 Å². The first kappa shape index (κ1) is 19.8. The number of nitrogens with zero attached hydrogens (tertiary/aromatic N) is 2. The van der Waals surface area contributed by atoms with Crippen molar-refractivity contribution in [2.45, 2.75) is 25.4 Å². The molecule has 0 amide bonds. The summed E-state index contributed by atoms with van der Waals surface area (Å²) >= 11 is 0. The zero-order chi connectivity index (χ0) is 19.9. The van der Waals surface area contributed by atoms with Gasteiger partial charge in [-0.25, -0.2) is 4.39 Å². The number of phenolic OH excluding ortho intramolecular Hbond substituents is 1. The fraction of sp³-hybridized carbons (Fsp3) is 0.381. The van der Waals surface area contributed by atoms with Gasteiger partial charge in [0.15, 0.2) is 17.5 Å². The molecule has 1 saturated heterocycles. The van der Waals surface area contributed by atoms with Crippen LogP contribution in [0.5, 0.6) is 11.5 Å². The van der Waals surface area contributed by atoms with Crippen LogP contribution in [0.4, 0.5) is 10.1 Å². The minimum atomic E-state index is -0.622. The van der Waals surface area contributed by atoms with Crippen molar-refractivity contribution < 1.29 is 14.2 Å². The van der Waals surface area contributed by atoms with Crippen LogP contribution in [-0.4, -0.2) is 44.4 Å². The molecular weight excluding hydrogens is 359 g/mol. The predicted octanol–water partition coefficient (Wildman–Crippen LogP) is 2.87. The van der Waals surface area contributed by atoms with Gasteiger partial charge in [-0.1, -0.05) is 12.1 Å². The third-order valence-corrected chi connectivity index (χ3v) is 4.88. The Morgan fingerprint density at radius 1 is 1.32 bits per heavy atom. The molecule has 0 bridgehead atoms. The smallest absolute Gasteiger partial charge is 0.191 e. The zero-order valence-corrected chi connectivity index (χ0v) is 16.3. The first-order chi connectivity index (χ1) is 13.6. The lowest BCUT2D eigenvalue weighted by atomic mass is 10.0.